The van der Waals surface area contributed by atoms with Crippen molar-refractivity contribution in [2.75, 3.05) is 0 Å². The molecule has 0 atom stereocenters. The van der Waals surface area contributed by atoms with Crippen LogP contribution >= 0.6 is 11.6 Å². The molecule has 20 heavy (non-hydrogen) atoms. The Morgan fingerprint density at radius 1 is 0.750 bits per heavy atom. The monoisotopic (exact) mass is 278 g/mol. The lowest BCUT2D eigenvalue weighted by atomic mass is 10.0. The molecule has 1 heterocycles. The van der Waals surface area contributed by atoms with Gasteiger partial charge in [0.2, 0.25) is 0 Å². The van der Waals surface area contributed by atoms with E-state index in [1.807, 2.05) is 24.3 Å². The van der Waals surface area contributed by atoms with Gasteiger partial charge in [-0.2, -0.15) is 0 Å². The summed E-state index contributed by atoms with van der Waals surface area (Å²) in [4.78, 5) is 0. The van der Waals surface area contributed by atoms with Crippen LogP contribution in [0.5, 0.6) is 0 Å². The van der Waals surface area contributed by atoms with E-state index in [0.717, 1.165) is 21.7 Å². The second-order valence-corrected chi connectivity index (χ2v) is 5.21. The van der Waals surface area contributed by atoms with E-state index in [1.54, 1.807) is 6.26 Å². The molecule has 1 nitrogen and oxygen atoms in total. The van der Waals surface area contributed by atoms with Crippen LogP contribution in [0.1, 0.15) is 0 Å². The Hall–Kier alpha value is -2.25. The van der Waals surface area contributed by atoms with E-state index in [4.69, 9.17) is 16.0 Å². The first kappa shape index (κ1) is 11.6. The number of fused-ring (bicyclic) bond motifs is 2. The molecule has 0 amide bonds. The van der Waals surface area contributed by atoms with Crippen LogP contribution in [0, 0.1) is 0 Å². The standard InChI is InChI=1S/C18H11ClO/c19-17-16-7-6-13(12-4-2-1-3-5-12)10-15(16)11-14-8-9-20-18(14)17/h1-11H. The second kappa shape index (κ2) is 4.39. The first-order valence-electron chi connectivity index (χ1n) is 6.48. The summed E-state index contributed by atoms with van der Waals surface area (Å²) in [6.45, 7) is 0. The number of halogens is 1. The van der Waals surface area contributed by atoms with Gasteiger partial charge in [0.1, 0.15) is 0 Å². The van der Waals surface area contributed by atoms with Crippen LogP contribution in [0.15, 0.2) is 71.3 Å². The van der Waals surface area contributed by atoms with Gasteiger partial charge in [0.15, 0.2) is 5.58 Å². The Kier molecular flexibility index (Phi) is 2.54. The minimum Gasteiger partial charge on any atom is -0.463 e. The van der Waals surface area contributed by atoms with Crippen molar-refractivity contribution < 1.29 is 4.42 Å². The highest BCUT2D eigenvalue weighted by Crippen LogP contribution is 2.35. The number of benzene rings is 3. The van der Waals surface area contributed by atoms with E-state index in [0.29, 0.717) is 5.02 Å². The van der Waals surface area contributed by atoms with Crippen molar-refractivity contribution in [2.45, 2.75) is 0 Å². The van der Waals surface area contributed by atoms with Gasteiger partial charge in [-0.15, -0.1) is 0 Å². The summed E-state index contributed by atoms with van der Waals surface area (Å²) in [6.07, 6.45) is 1.67. The summed E-state index contributed by atoms with van der Waals surface area (Å²) in [5.41, 5.74) is 3.15. The molecule has 0 aliphatic carbocycles. The fraction of sp³-hybridized carbons (Fsp3) is 0. The Morgan fingerprint density at radius 2 is 1.60 bits per heavy atom. The van der Waals surface area contributed by atoms with Crippen molar-refractivity contribution in [3.05, 3.63) is 71.9 Å². The van der Waals surface area contributed by atoms with Gasteiger partial charge < -0.3 is 4.42 Å². The third kappa shape index (κ3) is 1.71. The van der Waals surface area contributed by atoms with Crippen molar-refractivity contribution in [1.82, 2.24) is 0 Å². The maximum atomic E-state index is 6.42. The zero-order valence-electron chi connectivity index (χ0n) is 10.6. The minimum atomic E-state index is 0.683. The zero-order valence-corrected chi connectivity index (χ0v) is 11.4. The van der Waals surface area contributed by atoms with Gasteiger partial charge in [0.05, 0.1) is 11.3 Å². The molecule has 0 N–H and O–H groups in total. The lowest BCUT2D eigenvalue weighted by molar-refractivity contribution is 0.616. The normalized spacial score (nSPS) is 11.2. The molecular weight excluding hydrogens is 268 g/mol. The molecule has 4 aromatic rings. The predicted molar refractivity (Wildman–Crippen MR) is 84.2 cm³/mol. The van der Waals surface area contributed by atoms with E-state index in [-0.39, 0.29) is 0 Å². The summed E-state index contributed by atoms with van der Waals surface area (Å²) in [7, 11) is 0. The van der Waals surface area contributed by atoms with Crippen molar-refractivity contribution in [3.63, 3.8) is 0 Å². The number of furan rings is 1. The third-order valence-electron chi connectivity index (χ3n) is 3.60. The molecule has 4 rings (SSSR count). The molecule has 0 aliphatic rings. The molecule has 96 valence electrons. The van der Waals surface area contributed by atoms with Gasteiger partial charge in [-0.3, -0.25) is 0 Å². The van der Waals surface area contributed by atoms with Gasteiger partial charge >= 0.3 is 0 Å². The molecule has 0 unspecified atom stereocenters. The molecule has 2 heteroatoms. The largest absolute Gasteiger partial charge is 0.463 e. The Balaban J connectivity index is 2.02. The Labute approximate surface area is 121 Å². The average Bonchev–Trinajstić information content (AvgIpc) is 2.96. The summed E-state index contributed by atoms with van der Waals surface area (Å²) >= 11 is 6.42. The highest BCUT2D eigenvalue weighted by Gasteiger charge is 2.09. The highest BCUT2D eigenvalue weighted by molar-refractivity contribution is 6.40. The molecule has 0 saturated carbocycles. The van der Waals surface area contributed by atoms with E-state index in [2.05, 4.69) is 36.4 Å². The van der Waals surface area contributed by atoms with Gasteiger partial charge in [-0.1, -0.05) is 54.1 Å². The van der Waals surface area contributed by atoms with Gasteiger partial charge in [0, 0.05) is 10.8 Å². The van der Waals surface area contributed by atoms with Gasteiger partial charge in [0.25, 0.3) is 0 Å². The Morgan fingerprint density at radius 3 is 2.45 bits per heavy atom. The average molecular weight is 279 g/mol. The number of hydrogen-bond acceptors (Lipinski definition) is 1. The molecule has 0 radical (unpaired) electrons. The van der Waals surface area contributed by atoms with Crippen LogP contribution in [-0.2, 0) is 0 Å². The smallest absolute Gasteiger partial charge is 0.153 e. The first-order valence-corrected chi connectivity index (χ1v) is 6.85. The lowest BCUT2D eigenvalue weighted by Gasteiger charge is -2.06. The molecule has 0 fully saturated rings. The van der Waals surface area contributed by atoms with Crippen LogP contribution in [0.4, 0.5) is 0 Å². The van der Waals surface area contributed by atoms with E-state index in [1.165, 1.54) is 11.1 Å². The van der Waals surface area contributed by atoms with E-state index in [9.17, 15) is 0 Å². The zero-order chi connectivity index (χ0) is 13.5. The summed E-state index contributed by atoms with van der Waals surface area (Å²) in [5.74, 6) is 0. The van der Waals surface area contributed by atoms with Crippen LogP contribution in [0.2, 0.25) is 5.02 Å². The predicted octanol–water partition coefficient (Wildman–Crippen LogP) is 5.91. The maximum Gasteiger partial charge on any atom is 0.153 e. The summed E-state index contributed by atoms with van der Waals surface area (Å²) in [5, 5.41) is 3.87. The first-order chi connectivity index (χ1) is 9.83. The van der Waals surface area contributed by atoms with Gasteiger partial charge in [-0.05, 0) is 34.7 Å². The summed E-state index contributed by atoms with van der Waals surface area (Å²) < 4.78 is 5.44. The van der Waals surface area contributed by atoms with Crippen LogP contribution in [0.25, 0.3) is 32.9 Å². The summed E-state index contributed by atoms with van der Waals surface area (Å²) in [6, 6.07) is 20.7. The fourth-order valence-corrected chi connectivity index (χ4v) is 2.92. The highest BCUT2D eigenvalue weighted by atomic mass is 35.5. The van der Waals surface area contributed by atoms with Gasteiger partial charge in [-0.25, -0.2) is 0 Å². The molecule has 1 aromatic heterocycles. The lowest BCUT2D eigenvalue weighted by Crippen LogP contribution is -1.80. The van der Waals surface area contributed by atoms with Crippen LogP contribution in [-0.4, -0.2) is 0 Å². The second-order valence-electron chi connectivity index (χ2n) is 4.83. The van der Waals surface area contributed by atoms with Crippen molar-refractivity contribution in [3.8, 4) is 11.1 Å². The van der Waals surface area contributed by atoms with E-state index < -0.39 is 0 Å². The fourth-order valence-electron chi connectivity index (χ4n) is 2.59. The minimum absolute atomic E-state index is 0.683. The molecule has 0 spiro atoms. The molecule has 0 saturated heterocycles. The molecular formula is C18H11ClO. The van der Waals surface area contributed by atoms with Crippen LogP contribution < -0.4 is 0 Å². The van der Waals surface area contributed by atoms with Crippen molar-refractivity contribution in [1.29, 1.82) is 0 Å². The third-order valence-corrected chi connectivity index (χ3v) is 3.98. The van der Waals surface area contributed by atoms with Crippen molar-refractivity contribution in [2.24, 2.45) is 0 Å². The SMILES string of the molecule is Clc1c2ccc(-c3ccccc3)cc2cc2ccoc12. The maximum absolute atomic E-state index is 6.42. The Bertz CT molecular complexity index is 907. The molecule has 3 aromatic carbocycles. The van der Waals surface area contributed by atoms with E-state index >= 15 is 0 Å². The van der Waals surface area contributed by atoms with Crippen molar-refractivity contribution >= 4 is 33.3 Å². The molecule has 0 aliphatic heterocycles. The molecule has 0 bridgehead atoms. The number of hydrogen-bond donors (Lipinski definition) is 0. The van der Waals surface area contributed by atoms with Crippen LogP contribution in [0.3, 0.4) is 0 Å². The topological polar surface area (TPSA) is 13.1 Å². The quantitative estimate of drug-likeness (QED) is 0.422. The number of rotatable bonds is 1.